The molecule has 1 amide bonds. The van der Waals surface area contributed by atoms with E-state index in [1.54, 1.807) is 42.5 Å². The molecule has 0 heterocycles. The quantitative estimate of drug-likeness (QED) is 0.824. The van der Waals surface area contributed by atoms with Gasteiger partial charge >= 0.3 is 5.97 Å². The molecule has 24 heavy (non-hydrogen) atoms. The van der Waals surface area contributed by atoms with Crippen molar-refractivity contribution in [3.8, 4) is 11.5 Å². The van der Waals surface area contributed by atoms with Gasteiger partial charge in [0.1, 0.15) is 0 Å². The number of benzene rings is 2. The Balaban J connectivity index is 2.26. The van der Waals surface area contributed by atoms with E-state index in [2.05, 4.69) is 5.32 Å². The van der Waals surface area contributed by atoms with Crippen LogP contribution < -0.4 is 14.8 Å². The third-order valence-electron chi connectivity index (χ3n) is 3.49. The van der Waals surface area contributed by atoms with E-state index in [1.807, 2.05) is 6.07 Å². The van der Waals surface area contributed by atoms with Gasteiger partial charge in [0, 0.05) is 5.56 Å². The van der Waals surface area contributed by atoms with Crippen LogP contribution in [0.5, 0.6) is 11.5 Å². The first-order valence-corrected chi connectivity index (χ1v) is 7.26. The maximum absolute atomic E-state index is 12.5. The van der Waals surface area contributed by atoms with Crippen molar-refractivity contribution in [2.45, 2.75) is 6.04 Å². The van der Waals surface area contributed by atoms with Crippen LogP contribution in [0, 0.1) is 0 Å². The highest BCUT2D eigenvalue weighted by Gasteiger charge is 2.24. The molecule has 2 rings (SSSR count). The lowest BCUT2D eigenvalue weighted by Crippen LogP contribution is -2.34. The van der Waals surface area contributed by atoms with Crippen molar-refractivity contribution in [3.63, 3.8) is 0 Å². The molecule has 0 fully saturated rings. The molecule has 0 unspecified atom stereocenters. The van der Waals surface area contributed by atoms with E-state index >= 15 is 0 Å². The molecular formula is C18H19NO5. The van der Waals surface area contributed by atoms with Crippen molar-refractivity contribution in [1.29, 1.82) is 0 Å². The Morgan fingerprint density at radius 1 is 0.917 bits per heavy atom. The molecule has 0 spiro atoms. The van der Waals surface area contributed by atoms with Gasteiger partial charge in [0.2, 0.25) is 0 Å². The summed E-state index contributed by atoms with van der Waals surface area (Å²) in [5.41, 5.74) is 0.982. The molecule has 6 nitrogen and oxygen atoms in total. The number of methoxy groups -OCH3 is 3. The second-order valence-electron chi connectivity index (χ2n) is 4.91. The number of hydrogen-bond donors (Lipinski definition) is 1. The molecule has 1 atom stereocenters. The number of amides is 1. The van der Waals surface area contributed by atoms with Crippen molar-refractivity contribution in [2.75, 3.05) is 21.3 Å². The topological polar surface area (TPSA) is 73.9 Å². The maximum atomic E-state index is 12.5. The van der Waals surface area contributed by atoms with Crippen LogP contribution in [0.1, 0.15) is 22.0 Å². The smallest absolute Gasteiger partial charge is 0.333 e. The summed E-state index contributed by atoms with van der Waals surface area (Å²) in [7, 11) is 4.28. The van der Waals surface area contributed by atoms with Crippen LogP contribution in [-0.4, -0.2) is 33.2 Å². The molecule has 0 radical (unpaired) electrons. The van der Waals surface area contributed by atoms with Gasteiger partial charge in [-0.05, 0) is 23.8 Å². The zero-order valence-electron chi connectivity index (χ0n) is 13.7. The molecule has 0 aliphatic carbocycles. The van der Waals surface area contributed by atoms with Crippen molar-refractivity contribution >= 4 is 11.9 Å². The van der Waals surface area contributed by atoms with Gasteiger partial charge < -0.3 is 19.5 Å². The molecule has 1 N–H and O–H groups in total. The summed E-state index contributed by atoms with van der Waals surface area (Å²) >= 11 is 0. The molecule has 0 aliphatic heterocycles. The first-order chi connectivity index (χ1) is 11.6. The Hall–Kier alpha value is -3.02. The van der Waals surface area contributed by atoms with Crippen LogP contribution in [-0.2, 0) is 9.53 Å². The predicted molar refractivity (Wildman–Crippen MR) is 88.2 cm³/mol. The first-order valence-electron chi connectivity index (χ1n) is 7.26. The number of hydrogen-bond acceptors (Lipinski definition) is 5. The molecule has 126 valence electrons. The highest BCUT2D eigenvalue weighted by Crippen LogP contribution is 2.27. The summed E-state index contributed by atoms with van der Waals surface area (Å²) in [6, 6.07) is 12.8. The van der Waals surface area contributed by atoms with E-state index in [0.717, 1.165) is 0 Å². The van der Waals surface area contributed by atoms with Crippen LogP contribution in [0.3, 0.4) is 0 Å². The van der Waals surface area contributed by atoms with Gasteiger partial charge in [-0.15, -0.1) is 0 Å². The van der Waals surface area contributed by atoms with E-state index in [4.69, 9.17) is 14.2 Å². The van der Waals surface area contributed by atoms with Gasteiger partial charge in [-0.25, -0.2) is 4.79 Å². The summed E-state index contributed by atoms with van der Waals surface area (Å²) in [4.78, 5) is 24.5. The second-order valence-corrected chi connectivity index (χ2v) is 4.91. The number of carbonyl (C=O) groups is 2. The molecule has 2 aromatic carbocycles. The Morgan fingerprint density at radius 3 is 2.17 bits per heavy atom. The van der Waals surface area contributed by atoms with Crippen molar-refractivity contribution in [1.82, 2.24) is 5.32 Å². The largest absolute Gasteiger partial charge is 0.493 e. The minimum atomic E-state index is -0.892. The Morgan fingerprint density at radius 2 is 1.58 bits per heavy atom. The average molecular weight is 329 g/mol. The Labute approximate surface area is 140 Å². The molecule has 2 aromatic rings. The Bertz CT molecular complexity index is 715. The number of esters is 1. The van der Waals surface area contributed by atoms with Crippen molar-refractivity contribution < 1.29 is 23.8 Å². The summed E-state index contributed by atoms with van der Waals surface area (Å²) in [5, 5.41) is 2.68. The molecule has 0 aliphatic rings. The van der Waals surface area contributed by atoms with E-state index in [9.17, 15) is 9.59 Å². The zero-order chi connectivity index (χ0) is 17.5. The van der Waals surface area contributed by atoms with E-state index in [1.165, 1.54) is 21.3 Å². The normalized spacial score (nSPS) is 11.3. The van der Waals surface area contributed by atoms with Crippen molar-refractivity contribution in [2.24, 2.45) is 0 Å². The molecule has 0 aromatic heterocycles. The zero-order valence-corrected chi connectivity index (χ0v) is 13.7. The number of rotatable bonds is 6. The fourth-order valence-corrected chi connectivity index (χ4v) is 2.23. The fraction of sp³-hybridized carbons (Fsp3) is 0.222. The van der Waals surface area contributed by atoms with Gasteiger partial charge in [0.15, 0.2) is 17.5 Å². The molecule has 6 heteroatoms. The van der Waals surface area contributed by atoms with Gasteiger partial charge in [0.25, 0.3) is 5.91 Å². The maximum Gasteiger partial charge on any atom is 0.333 e. The number of nitrogens with one attached hydrogen (secondary N) is 1. The molecule has 0 bridgehead atoms. The van der Waals surface area contributed by atoms with Crippen LogP contribution in [0.25, 0.3) is 0 Å². The van der Waals surface area contributed by atoms with Crippen LogP contribution in [0.2, 0.25) is 0 Å². The Kier molecular flexibility index (Phi) is 5.78. The lowest BCUT2D eigenvalue weighted by Gasteiger charge is -2.17. The number of carbonyl (C=O) groups excluding carboxylic acids is 2. The lowest BCUT2D eigenvalue weighted by atomic mass is 10.1. The van der Waals surface area contributed by atoms with Gasteiger partial charge in [0.05, 0.1) is 21.3 Å². The summed E-state index contributed by atoms with van der Waals surface area (Å²) in [6.45, 7) is 0. The first kappa shape index (κ1) is 17.3. The average Bonchev–Trinajstić information content (AvgIpc) is 2.65. The van der Waals surface area contributed by atoms with Gasteiger partial charge in [-0.2, -0.15) is 0 Å². The number of ether oxygens (including phenoxy) is 3. The summed E-state index contributed by atoms with van der Waals surface area (Å²) in [6.07, 6.45) is 0. The fourth-order valence-electron chi connectivity index (χ4n) is 2.23. The molecule has 0 saturated heterocycles. The lowest BCUT2D eigenvalue weighted by molar-refractivity contribution is -0.143. The summed E-state index contributed by atoms with van der Waals surface area (Å²) in [5.74, 6) is -0.0219. The third-order valence-corrected chi connectivity index (χ3v) is 3.49. The summed E-state index contributed by atoms with van der Waals surface area (Å²) < 4.78 is 15.1. The standard InChI is InChI=1S/C18H19NO5/c1-22-14-10-9-13(11-15(14)23-2)17(20)19-16(18(21)24-3)12-7-5-4-6-8-12/h4-11,16H,1-3H3,(H,19,20)/t16-/m1/s1. The molecular weight excluding hydrogens is 310 g/mol. The van der Waals surface area contributed by atoms with Crippen LogP contribution in [0.4, 0.5) is 0 Å². The van der Waals surface area contributed by atoms with Crippen LogP contribution >= 0.6 is 0 Å². The monoisotopic (exact) mass is 329 g/mol. The van der Waals surface area contributed by atoms with E-state index < -0.39 is 17.9 Å². The highest BCUT2D eigenvalue weighted by atomic mass is 16.5. The highest BCUT2D eigenvalue weighted by molar-refractivity contribution is 5.97. The van der Waals surface area contributed by atoms with E-state index in [-0.39, 0.29) is 0 Å². The SMILES string of the molecule is COC(=O)[C@H](NC(=O)c1ccc(OC)c(OC)c1)c1ccccc1. The van der Waals surface area contributed by atoms with Gasteiger partial charge in [-0.3, -0.25) is 4.79 Å². The minimum absolute atomic E-state index is 0.345. The third kappa shape index (κ3) is 3.84. The van der Waals surface area contributed by atoms with Crippen molar-refractivity contribution in [3.05, 3.63) is 59.7 Å². The molecule has 0 saturated carbocycles. The second kappa shape index (κ2) is 8.01. The predicted octanol–water partition coefficient (Wildman–Crippen LogP) is 2.35. The van der Waals surface area contributed by atoms with Gasteiger partial charge in [-0.1, -0.05) is 30.3 Å². The minimum Gasteiger partial charge on any atom is -0.493 e. The van der Waals surface area contributed by atoms with Crippen LogP contribution in [0.15, 0.2) is 48.5 Å². The van der Waals surface area contributed by atoms with E-state index in [0.29, 0.717) is 22.6 Å².